The molecule has 1 aliphatic heterocycles. The maximum absolute atomic E-state index is 11.4. The molecule has 1 N–H and O–H groups in total. The zero-order valence-corrected chi connectivity index (χ0v) is 9.07. The monoisotopic (exact) mass is 223 g/mol. The third-order valence-electron chi connectivity index (χ3n) is 2.37. The zero-order chi connectivity index (χ0) is 9.68. The van der Waals surface area contributed by atoms with E-state index in [2.05, 4.69) is 5.32 Å². The number of hydrogen-bond acceptors (Lipinski definition) is 2. The summed E-state index contributed by atoms with van der Waals surface area (Å²) in [6.45, 7) is 0.900. The first-order chi connectivity index (χ1) is 6.22. The van der Waals surface area contributed by atoms with Gasteiger partial charge in [-0.25, -0.2) is 0 Å². The molecule has 1 aliphatic rings. The number of rotatable bonds is 2. The Morgan fingerprint density at radius 3 is 2.62 bits per heavy atom. The molecule has 4 heteroatoms. The molecule has 1 unspecified atom stereocenters. The van der Waals surface area contributed by atoms with Crippen LogP contribution >= 0.6 is 23.2 Å². The topological polar surface area (TPSA) is 29.1 Å². The molecule has 0 radical (unpaired) electrons. The Bertz CT molecular complexity index is 165. The van der Waals surface area contributed by atoms with Crippen LogP contribution in [0.15, 0.2) is 0 Å². The fraction of sp³-hybridized carbons (Fsp3) is 0.889. The second-order valence-electron chi connectivity index (χ2n) is 3.41. The third-order valence-corrected chi connectivity index (χ3v) is 2.80. The van der Waals surface area contributed by atoms with Crippen LogP contribution in [0.1, 0.15) is 32.1 Å². The van der Waals surface area contributed by atoms with Gasteiger partial charge in [0.15, 0.2) is 10.6 Å². The second-order valence-corrected chi connectivity index (χ2v) is 4.51. The number of halogens is 2. The summed E-state index contributed by atoms with van der Waals surface area (Å²) in [5.41, 5.74) is 0. The molecule has 0 amide bonds. The Morgan fingerprint density at radius 2 is 1.92 bits per heavy atom. The highest BCUT2D eigenvalue weighted by molar-refractivity contribution is 6.54. The normalized spacial score (nSPS) is 25.3. The summed E-state index contributed by atoms with van der Waals surface area (Å²) in [7, 11) is 0. The van der Waals surface area contributed by atoms with Crippen LogP contribution in [0.2, 0.25) is 0 Å². The molecule has 0 spiro atoms. The summed E-state index contributed by atoms with van der Waals surface area (Å²) in [5.74, 6) is -0.0785. The summed E-state index contributed by atoms with van der Waals surface area (Å²) in [6.07, 6.45) is 5.55. The Morgan fingerprint density at radius 1 is 1.23 bits per heavy atom. The van der Waals surface area contributed by atoms with Crippen molar-refractivity contribution in [2.45, 2.75) is 43.0 Å². The van der Waals surface area contributed by atoms with Gasteiger partial charge in [-0.15, -0.1) is 0 Å². The van der Waals surface area contributed by atoms with E-state index >= 15 is 0 Å². The van der Waals surface area contributed by atoms with Crippen LogP contribution in [0.25, 0.3) is 0 Å². The Balaban J connectivity index is 2.41. The van der Waals surface area contributed by atoms with Gasteiger partial charge >= 0.3 is 0 Å². The summed E-state index contributed by atoms with van der Waals surface area (Å²) in [6, 6.07) is -0.125. The summed E-state index contributed by atoms with van der Waals surface area (Å²) < 4.78 is 0. The molecule has 2 nitrogen and oxygen atoms in total. The van der Waals surface area contributed by atoms with Crippen LogP contribution in [0.4, 0.5) is 0 Å². The van der Waals surface area contributed by atoms with Gasteiger partial charge in [-0.2, -0.15) is 0 Å². The first-order valence-electron chi connectivity index (χ1n) is 4.77. The number of Topliss-reactive ketones (excluding diaryl/α,β-unsaturated/α-hetero) is 1. The Labute approximate surface area is 89.0 Å². The minimum atomic E-state index is -0.878. The molecule has 13 heavy (non-hydrogen) atoms. The fourth-order valence-electron chi connectivity index (χ4n) is 1.60. The zero-order valence-electron chi connectivity index (χ0n) is 7.56. The molecule has 0 aromatic heterocycles. The quantitative estimate of drug-likeness (QED) is 0.729. The minimum Gasteiger partial charge on any atom is -0.307 e. The van der Waals surface area contributed by atoms with Crippen molar-refractivity contribution in [2.24, 2.45) is 0 Å². The SMILES string of the molecule is O=C(C(Cl)Cl)C1CCCCCCN1. The largest absolute Gasteiger partial charge is 0.307 e. The van der Waals surface area contributed by atoms with Gasteiger partial charge in [0.2, 0.25) is 0 Å². The lowest BCUT2D eigenvalue weighted by atomic mass is 10.0. The first-order valence-corrected chi connectivity index (χ1v) is 5.64. The van der Waals surface area contributed by atoms with Gasteiger partial charge in [0.1, 0.15) is 0 Å². The average molecular weight is 224 g/mol. The van der Waals surface area contributed by atoms with Crippen molar-refractivity contribution in [1.82, 2.24) is 5.32 Å². The van der Waals surface area contributed by atoms with Crippen LogP contribution < -0.4 is 5.32 Å². The molecule has 0 saturated carbocycles. The number of ketones is 1. The molecule has 0 bridgehead atoms. The van der Waals surface area contributed by atoms with Gasteiger partial charge in [0.05, 0.1) is 6.04 Å². The minimum absolute atomic E-state index is 0.0785. The third kappa shape index (κ3) is 3.84. The number of hydrogen-bond donors (Lipinski definition) is 1. The predicted molar refractivity (Wildman–Crippen MR) is 55.4 cm³/mol. The molecule has 0 aliphatic carbocycles. The van der Waals surface area contributed by atoms with Crippen molar-refractivity contribution in [3.05, 3.63) is 0 Å². The van der Waals surface area contributed by atoms with E-state index in [-0.39, 0.29) is 11.8 Å². The fourth-order valence-corrected chi connectivity index (χ4v) is 1.90. The molecule has 1 rings (SSSR count). The van der Waals surface area contributed by atoms with E-state index in [9.17, 15) is 4.79 Å². The van der Waals surface area contributed by atoms with E-state index in [0.29, 0.717) is 0 Å². The van der Waals surface area contributed by atoms with Gasteiger partial charge < -0.3 is 5.32 Å². The molecule has 1 heterocycles. The van der Waals surface area contributed by atoms with Crippen molar-refractivity contribution in [3.8, 4) is 0 Å². The van der Waals surface area contributed by atoms with Crippen LogP contribution in [0.5, 0.6) is 0 Å². The van der Waals surface area contributed by atoms with Crippen molar-refractivity contribution < 1.29 is 4.79 Å². The van der Waals surface area contributed by atoms with Gasteiger partial charge in [-0.1, -0.05) is 42.5 Å². The van der Waals surface area contributed by atoms with Gasteiger partial charge in [0, 0.05) is 0 Å². The molecule has 1 fully saturated rings. The van der Waals surface area contributed by atoms with Gasteiger partial charge in [-0.3, -0.25) is 4.79 Å². The van der Waals surface area contributed by atoms with E-state index in [4.69, 9.17) is 23.2 Å². The van der Waals surface area contributed by atoms with Crippen LogP contribution in [-0.2, 0) is 4.79 Å². The maximum Gasteiger partial charge on any atom is 0.182 e. The predicted octanol–water partition coefficient (Wildman–Crippen LogP) is 2.28. The average Bonchev–Trinajstić information content (AvgIpc) is 2.02. The van der Waals surface area contributed by atoms with Crippen LogP contribution in [-0.4, -0.2) is 23.2 Å². The molecule has 1 atom stereocenters. The molecule has 76 valence electrons. The molecular weight excluding hydrogens is 209 g/mol. The summed E-state index contributed by atoms with van der Waals surface area (Å²) in [5, 5.41) is 3.18. The van der Waals surface area contributed by atoms with Gasteiger partial charge in [-0.05, 0) is 19.4 Å². The molecule has 0 aromatic rings. The molecular formula is C9H15Cl2NO. The Hall–Kier alpha value is 0.210. The molecule has 1 saturated heterocycles. The highest BCUT2D eigenvalue weighted by Gasteiger charge is 2.23. The van der Waals surface area contributed by atoms with E-state index in [1.54, 1.807) is 0 Å². The highest BCUT2D eigenvalue weighted by Crippen LogP contribution is 2.14. The standard InChI is InChI=1S/C9H15Cl2NO/c10-9(11)8(13)7-5-3-1-2-4-6-12-7/h7,9,12H,1-6H2. The number of alkyl halides is 2. The molecule has 0 aromatic carbocycles. The lowest BCUT2D eigenvalue weighted by Gasteiger charge is -2.20. The smallest absolute Gasteiger partial charge is 0.182 e. The second kappa shape index (κ2) is 5.84. The van der Waals surface area contributed by atoms with Crippen LogP contribution in [0, 0.1) is 0 Å². The summed E-state index contributed by atoms with van der Waals surface area (Å²) in [4.78, 5) is 10.6. The Kier molecular flexibility index (Phi) is 5.07. The maximum atomic E-state index is 11.4. The lowest BCUT2D eigenvalue weighted by molar-refractivity contribution is -0.119. The van der Waals surface area contributed by atoms with E-state index < -0.39 is 4.84 Å². The van der Waals surface area contributed by atoms with Gasteiger partial charge in [0.25, 0.3) is 0 Å². The number of nitrogens with one attached hydrogen (secondary N) is 1. The number of carbonyl (C=O) groups is 1. The van der Waals surface area contributed by atoms with Crippen molar-refractivity contribution in [1.29, 1.82) is 0 Å². The van der Waals surface area contributed by atoms with Crippen LogP contribution in [0.3, 0.4) is 0 Å². The van der Waals surface area contributed by atoms with Crippen molar-refractivity contribution >= 4 is 29.0 Å². The van der Waals surface area contributed by atoms with Crippen molar-refractivity contribution in [3.63, 3.8) is 0 Å². The van der Waals surface area contributed by atoms with Crippen molar-refractivity contribution in [2.75, 3.05) is 6.54 Å². The van der Waals surface area contributed by atoms with E-state index in [0.717, 1.165) is 25.8 Å². The first kappa shape index (κ1) is 11.3. The van der Waals surface area contributed by atoms with E-state index in [1.165, 1.54) is 12.8 Å². The summed E-state index contributed by atoms with van der Waals surface area (Å²) >= 11 is 11.1. The highest BCUT2D eigenvalue weighted by atomic mass is 35.5. The lowest BCUT2D eigenvalue weighted by Crippen LogP contribution is -2.40. The van der Waals surface area contributed by atoms with E-state index in [1.807, 2.05) is 0 Å². The number of carbonyl (C=O) groups excluding carboxylic acids is 1.